The molecule has 5 nitrogen and oxygen atoms in total. The highest BCUT2D eigenvalue weighted by Crippen LogP contribution is 2.47. The summed E-state index contributed by atoms with van der Waals surface area (Å²) in [4.78, 5) is 13.9. The molecule has 0 aromatic carbocycles. The minimum absolute atomic E-state index is 0.147. The molecule has 128 valence electrons. The van der Waals surface area contributed by atoms with Gasteiger partial charge in [-0.05, 0) is 46.5 Å². The van der Waals surface area contributed by atoms with Crippen molar-refractivity contribution in [1.82, 2.24) is 10.1 Å². The molecule has 1 aliphatic heterocycles. The number of rotatable bonds is 2. The highest BCUT2D eigenvalue weighted by atomic mass is 35.5. The van der Waals surface area contributed by atoms with E-state index in [2.05, 4.69) is 12.1 Å². The van der Waals surface area contributed by atoms with Gasteiger partial charge in [-0.1, -0.05) is 23.7 Å². The molecule has 2 aliphatic rings. The van der Waals surface area contributed by atoms with Crippen molar-refractivity contribution in [2.24, 2.45) is 0 Å². The van der Waals surface area contributed by atoms with Crippen LogP contribution >= 0.6 is 11.6 Å². The van der Waals surface area contributed by atoms with Gasteiger partial charge in [0.25, 0.3) is 0 Å². The van der Waals surface area contributed by atoms with Crippen molar-refractivity contribution in [1.29, 1.82) is 0 Å². The summed E-state index contributed by atoms with van der Waals surface area (Å²) in [5.41, 5.74) is 0.239. The first-order valence-electron chi connectivity index (χ1n) is 8.33. The normalized spacial score (nSPS) is 21.3. The molecule has 1 amide bonds. The maximum Gasteiger partial charge on any atom is 0.410 e. The predicted molar refractivity (Wildman–Crippen MR) is 87.9 cm³/mol. The van der Waals surface area contributed by atoms with Crippen LogP contribution in [0, 0.1) is 0 Å². The quantitative estimate of drug-likeness (QED) is 0.795. The highest BCUT2D eigenvalue weighted by Gasteiger charge is 2.41. The van der Waals surface area contributed by atoms with Crippen LogP contribution in [-0.2, 0) is 10.2 Å². The van der Waals surface area contributed by atoms with Crippen LogP contribution in [0.1, 0.15) is 70.8 Å². The molecular formula is C17H25ClN2O3. The SMILES string of the molecule is CC(C)(C)OC(=O)N1CCC(C)(c2noc(C3CC3)c2Cl)CC1. The van der Waals surface area contributed by atoms with Crippen molar-refractivity contribution in [2.45, 2.75) is 70.3 Å². The molecule has 0 spiro atoms. The van der Waals surface area contributed by atoms with Gasteiger partial charge in [0.15, 0.2) is 5.76 Å². The molecule has 0 atom stereocenters. The van der Waals surface area contributed by atoms with Crippen molar-refractivity contribution in [3.05, 3.63) is 16.5 Å². The number of likely N-dealkylation sites (tertiary alicyclic amines) is 1. The second-order valence-corrected chi connectivity index (χ2v) is 8.39. The van der Waals surface area contributed by atoms with Gasteiger partial charge >= 0.3 is 6.09 Å². The van der Waals surface area contributed by atoms with E-state index < -0.39 is 5.60 Å². The number of nitrogens with zero attached hydrogens (tertiary/aromatic N) is 2. The van der Waals surface area contributed by atoms with Gasteiger partial charge in [0.05, 0.1) is 0 Å². The Morgan fingerprint density at radius 1 is 1.35 bits per heavy atom. The van der Waals surface area contributed by atoms with Crippen LogP contribution in [0.4, 0.5) is 4.79 Å². The summed E-state index contributed by atoms with van der Waals surface area (Å²) in [6, 6.07) is 0. The van der Waals surface area contributed by atoms with Gasteiger partial charge in [-0.3, -0.25) is 0 Å². The molecule has 6 heteroatoms. The summed E-state index contributed by atoms with van der Waals surface area (Å²) in [7, 11) is 0. The van der Waals surface area contributed by atoms with Crippen molar-refractivity contribution in [2.75, 3.05) is 13.1 Å². The fourth-order valence-electron chi connectivity index (χ4n) is 3.01. The molecule has 1 aliphatic carbocycles. The number of halogens is 1. The topological polar surface area (TPSA) is 55.6 Å². The molecule has 0 unspecified atom stereocenters. The summed E-state index contributed by atoms with van der Waals surface area (Å²) in [5, 5.41) is 4.96. The lowest BCUT2D eigenvalue weighted by molar-refractivity contribution is 0.0169. The molecule has 23 heavy (non-hydrogen) atoms. The number of hydrogen-bond donors (Lipinski definition) is 0. The van der Waals surface area contributed by atoms with Crippen LogP contribution in [0.25, 0.3) is 0 Å². The van der Waals surface area contributed by atoms with E-state index in [0.29, 0.717) is 24.0 Å². The Hall–Kier alpha value is -1.23. The summed E-state index contributed by atoms with van der Waals surface area (Å²) in [5.74, 6) is 1.30. The third-order valence-corrected chi connectivity index (χ3v) is 5.06. The zero-order chi connectivity index (χ0) is 16.8. The highest BCUT2D eigenvalue weighted by molar-refractivity contribution is 6.32. The Morgan fingerprint density at radius 2 is 1.96 bits per heavy atom. The van der Waals surface area contributed by atoms with Gasteiger partial charge < -0.3 is 14.2 Å². The smallest absolute Gasteiger partial charge is 0.410 e. The molecular weight excluding hydrogens is 316 g/mol. The number of amides is 1. The first-order chi connectivity index (χ1) is 10.7. The average molecular weight is 341 g/mol. The molecule has 0 radical (unpaired) electrons. The van der Waals surface area contributed by atoms with Gasteiger partial charge in [0.2, 0.25) is 0 Å². The molecule has 3 rings (SSSR count). The van der Waals surface area contributed by atoms with Crippen molar-refractivity contribution in [3.8, 4) is 0 Å². The van der Waals surface area contributed by atoms with Crippen LogP contribution in [0.3, 0.4) is 0 Å². The van der Waals surface area contributed by atoms with E-state index in [-0.39, 0.29) is 11.5 Å². The third-order valence-electron chi connectivity index (χ3n) is 4.70. The molecule has 2 fully saturated rings. The van der Waals surface area contributed by atoms with Gasteiger partial charge in [-0.2, -0.15) is 0 Å². The Labute approximate surface area is 142 Å². The third kappa shape index (κ3) is 3.49. The van der Waals surface area contributed by atoms with Gasteiger partial charge in [0.1, 0.15) is 16.3 Å². The number of hydrogen-bond acceptors (Lipinski definition) is 4. The molecule has 2 heterocycles. The lowest BCUT2D eigenvalue weighted by Gasteiger charge is -2.38. The summed E-state index contributed by atoms with van der Waals surface area (Å²) < 4.78 is 10.9. The number of carbonyl (C=O) groups is 1. The van der Waals surface area contributed by atoms with Crippen molar-refractivity contribution in [3.63, 3.8) is 0 Å². The molecule has 1 saturated carbocycles. The maximum atomic E-state index is 12.2. The monoisotopic (exact) mass is 340 g/mol. The number of carbonyl (C=O) groups excluding carboxylic acids is 1. The van der Waals surface area contributed by atoms with Crippen LogP contribution in [0.5, 0.6) is 0 Å². The summed E-state index contributed by atoms with van der Waals surface area (Å²) in [6.45, 7) is 9.09. The van der Waals surface area contributed by atoms with E-state index in [4.69, 9.17) is 20.9 Å². The summed E-state index contributed by atoms with van der Waals surface area (Å²) in [6.07, 6.45) is 3.64. The van der Waals surface area contributed by atoms with Crippen molar-refractivity contribution >= 4 is 17.7 Å². The molecule has 1 aromatic heterocycles. The van der Waals surface area contributed by atoms with E-state index >= 15 is 0 Å². The Bertz CT molecular complexity index is 593. The molecule has 0 N–H and O–H groups in total. The predicted octanol–water partition coefficient (Wildman–Crippen LogP) is 4.49. The summed E-state index contributed by atoms with van der Waals surface area (Å²) >= 11 is 6.51. The number of aromatic nitrogens is 1. The van der Waals surface area contributed by atoms with Crippen LogP contribution in [0.2, 0.25) is 5.02 Å². The fraction of sp³-hybridized carbons (Fsp3) is 0.765. The first kappa shape index (κ1) is 16.6. The zero-order valence-corrected chi connectivity index (χ0v) is 15.1. The average Bonchev–Trinajstić information content (AvgIpc) is 3.20. The van der Waals surface area contributed by atoms with Gasteiger partial charge in [-0.25, -0.2) is 4.79 Å². The van der Waals surface area contributed by atoms with E-state index in [1.807, 2.05) is 20.8 Å². The minimum Gasteiger partial charge on any atom is -0.444 e. The largest absolute Gasteiger partial charge is 0.444 e. The van der Waals surface area contributed by atoms with E-state index in [1.165, 1.54) is 0 Å². The zero-order valence-electron chi connectivity index (χ0n) is 14.3. The maximum absolute atomic E-state index is 12.2. The number of ether oxygens (including phenoxy) is 1. The van der Waals surface area contributed by atoms with Crippen LogP contribution < -0.4 is 0 Å². The van der Waals surface area contributed by atoms with Crippen LogP contribution in [-0.4, -0.2) is 34.8 Å². The second kappa shape index (κ2) is 5.69. The number of piperidine rings is 1. The minimum atomic E-state index is -0.466. The van der Waals surface area contributed by atoms with Gasteiger partial charge in [-0.15, -0.1) is 0 Å². The Balaban J connectivity index is 1.66. The lowest BCUT2D eigenvalue weighted by atomic mass is 9.77. The van der Waals surface area contributed by atoms with E-state index in [0.717, 1.165) is 37.1 Å². The Kier molecular flexibility index (Phi) is 4.11. The van der Waals surface area contributed by atoms with E-state index in [9.17, 15) is 4.79 Å². The second-order valence-electron chi connectivity index (χ2n) is 8.01. The van der Waals surface area contributed by atoms with Crippen LogP contribution in [0.15, 0.2) is 4.52 Å². The Morgan fingerprint density at radius 3 is 2.48 bits per heavy atom. The standard InChI is InChI=1S/C17H25ClN2O3/c1-16(2,3)22-15(21)20-9-7-17(4,8-10-20)14-12(18)13(23-19-14)11-5-6-11/h11H,5-10H2,1-4H3. The van der Waals surface area contributed by atoms with E-state index in [1.54, 1.807) is 4.90 Å². The molecule has 0 bridgehead atoms. The first-order valence-corrected chi connectivity index (χ1v) is 8.71. The lowest BCUT2D eigenvalue weighted by Crippen LogP contribution is -2.46. The molecule has 1 aromatic rings. The van der Waals surface area contributed by atoms with Gasteiger partial charge in [0, 0.05) is 24.4 Å². The van der Waals surface area contributed by atoms with Crippen molar-refractivity contribution < 1.29 is 14.1 Å². The fourth-order valence-corrected chi connectivity index (χ4v) is 3.46. The molecule has 1 saturated heterocycles.